The SMILES string of the molecule is CC/C=C\C/C=C\C/C=C\C/C=C\CCCCCCC(=O)OC(COC(=O)CCCCCCCCCCC)COC1OC(CO)C(O)C(O)C1O. The van der Waals surface area contributed by atoms with Crippen LogP contribution in [0.2, 0.25) is 0 Å². The van der Waals surface area contributed by atoms with Gasteiger partial charge in [-0.25, -0.2) is 0 Å². The van der Waals surface area contributed by atoms with Crippen molar-refractivity contribution in [1.82, 2.24) is 0 Å². The lowest BCUT2D eigenvalue weighted by molar-refractivity contribution is -0.305. The number of unbranched alkanes of at least 4 members (excludes halogenated alkanes) is 12. The standard InChI is InChI=1S/C41H70O10/c1-3-5-7-9-11-13-14-15-16-17-18-19-20-22-24-26-28-30-37(44)50-34(33-49-41-40(47)39(46)38(45)35(31-42)51-41)32-48-36(43)29-27-25-23-21-12-10-8-6-4-2/h5,7,11,13,15-16,18-19,34-35,38-42,45-47H,3-4,6,8-10,12,14,17,20-33H2,1-2H3/b7-5-,13-11-,16-15-,19-18-. The maximum atomic E-state index is 12.7. The molecule has 10 heteroatoms. The fourth-order valence-electron chi connectivity index (χ4n) is 5.59. The highest BCUT2D eigenvalue weighted by Gasteiger charge is 2.44. The molecule has 1 heterocycles. The number of aliphatic hydroxyl groups excluding tert-OH is 4. The highest BCUT2D eigenvalue weighted by Crippen LogP contribution is 2.22. The highest BCUT2D eigenvalue weighted by molar-refractivity contribution is 5.70. The van der Waals surface area contributed by atoms with Crippen molar-refractivity contribution in [2.45, 2.75) is 179 Å². The molecule has 0 saturated carbocycles. The number of hydrogen-bond donors (Lipinski definition) is 4. The van der Waals surface area contributed by atoms with Crippen LogP contribution in [-0.4, -0.2) is 89.0 Å². The molecule has 10 nitrogen and oxygen atoms in total. The molecule has 6 unspecified atom stereocenters. The van der Waals surface area contributed by atoms with Crippen LogP contribution < -0.4 is 0 Å². The number of ether oxygens (including phenoxy) is 4. The van der Waals surface area contributed by atoms with E-state index in [9.17, 15) is 30.0 Å². The van der Waals surface area contributed by atoms with Gasteiger partial charge in [0.1, 0.15) is 31.0 Å². The summed E-state index contributed by atoms with van der Waals surface area (Å²) in [5.74, 6) is -0.841. The Hall–Kier alpha value is -2.34. The maximum Gasteiger partial charge on any atom is 0.306 e. The molecule has 1 rings (SSSR count). The van der Waals surface area contributed by atoms with Gasteiger partial charge < -0.3 is 39.4 Å². The minimum absolute atomic E-state index is 0.201. The number of hydrogen-bond acceptors (Lipinski definition) is 10. The molecule has 0 aromatic heterocycles. The third-order valence-corrected chi connectivity index (χ3v) is 8.73. The Balaban J connectivity index is 2.40. The normalized spacial score (nSPS) is 21.7. The monoisotopic (exact) mass is 722 g/mol. The Bertz CT molecular complexity index is 975. The van der Waals surface area contributed by atoms with Crippen LogP contribution >= 0.6 is 0 Å². The van der Waals surface area contributed by atoms with Crippen molar-refractivity contribution in [3.05, 3.63) is 48.6 Å². The van der Waals surface area contributed by atoms with E-state index in [0.717, 1.165) is 77.0 Å². The molecule has 0 spiro atoms. The van der Waals surface area contributed by atoms with E-state index < -0.39 is 49.4 Å². The average molecular weight is 723 g/mol. The van der Waals surface area contributed by atoms with Gasteiger partial charge in [0.15, 0.2) is 12.4 Å². The van der Waals surface area contributed by atoms with E-state index >= 15 is 0 Å². The molecular formula is C41H70O10. The van der Waals surface area contributed by atoms with Gasteiger partial charge in [0.2, 0.25) is 0 Å². The summed E-state index contributed by atoms with van der Waals surface area (Å²) in [5.41, 5.74) is 0. The average Bonchev–Trinajstić information content (AvgIpc) is 3.13. The van der Waals surface area contributed by atoms with Crippen molar-refractivity contribution in [2.75, 3.05) is 19.8 Å². The summed E-state index contributed by atoms with van der Waals surface area (Å²) in [4.78, 5) is 25.1. The molecule has 1 aliphatic heterocycles. The summed E-state index contributed by atoms with van der Waals surface area (Å²) in [6.07, 6.45) is 28.4. The fourth-order valence-corrected chi connectivity index (χ4v) is 5.59. The van der Waals surface area contributed by atoms with Crippen molar-refractivity contribution in [2.24, 2.45) is 0 Å². The summed E-state index contributed by atoms with van der Waals surface area (Å²) < 4.78 is 22.0. The molecule has 0 bridgehead atoms. The molecule has 1 saturated heterocycles. The van der Waals surface area contributed by atoms with Crippen LogP contribution in [0.4, 0.5) is 0 Å². The molecule has 0 aromatic rings. The minimum atomic E-state index is -1.60. The second kappa shape index (κ2) is 32.3. The van der Waals surface area contributed by atoms with E-state index in [1.807, 2.05) is 0 Å². The summed E-state index contributed by atoms with van der Waals surface area (Å²) in [6, 6.07) is 0. The van der Waals surface area contributed by atoms with E-state index in [1.165, 1.54) is 32.1 Å². The molecule has 0 amide bonds. The van der Waals surface area contributed by atoms with E-state index in [1.54, 1.807) is 0 Å². The van der Waals surface area contributed by atoms with Crippen LogP contribution in [0.3, 0.4) is 0 Å². The number of rotatable bonds is 31. The second-order valence-electron chi connectivity index (χ2n) is 13.4. The van der Waals surface area contributed by atoms with Gasteiger partial charge in [-0.2, -0.15) is 0 Å². The lowest BCUT2D eigenvalue weighted by Crippen LogP contribution is -2.59. The maximum absolute atomic E-state index is 12.7. The molecule has 1 aliphatic rings. The fraction of sp³-hybridized carbons (Fsp3) is 0.756. The Morgan fingerprint density at radius 1 is 0.627 bits per heavy atom. The van der Waals surface area contributed by atoms with Gasteiger partial charge in [-0.1, -0.05) is 127 Å². The van der Waals surface area contributed by atoms with Gasteiger partial charge in [-0.15, -0.1) is 0 Å². The van der Waals surface area contributed by atoms with Crippen LogP contribution in [0.1, 0.15) is 142 Å². The largest absolute Gasteiger partial charge is 0.462 e. The highest BCUT2D eigenvalue weighted by atomic mass is 16.7. The molecule has 0 aromatic carbocycles. The van der Waals surface area contributed by atoms with Crippen molar-refractivity contribution in [3.8, 4) is 0 Å². The Kier molecular flexibility index (Phi) is 29.6. The van der Waals surface area contributed by atoms with Crippen molar-refractivity contribution in [1.29, 1.82) is 0 Å². The number of aliphatic hydroxyl groups is 4. The lowest BCUT2D eigenvalue weighted by Gasteiger charge is -2.39. The smallest absolute Gasteiger partial charge is 0.306 e. The van der Waals surface area contributed by atoms with Crippen LogP contribution in [0.15, 0.2) is 48.6 Å². The van der Waals surface area contributed by atoms with E-state index in [-0.39, 0.29) is 32.0 Å². The lowest BCUT2D eigenvalue weighted by atomic mass is 9.99. The molecule has 0 radical (unpaired) electrons. The molecule has 1 fully saturated rings. The van der Waals surface area contributed by atoms with Gasteiger partial charge in [-0.3, -0.25) is 9.59 Å². The predicted molar refractivity (Wildman–Crippen MR) is 201 cm³/mol. The second-order valence-corrected chi connectivity index (χ2v) is 13.4. The number of carbonyl (C=O) groups is 2. The molecule has 4 N–H and O–H groups in total. The zero-order valence-electron chi connectivity index (χ0n) is 31.6. The van der Waals surface area contributed by atoms with E-state index in [4.69, 9.17) is 18.9 Å². The molecular weight excluding hydrogens is 652 g/mol. The Morgan fingerprint density at radius 2 is 1.16 bits per heavy atom. The van der Waals surface area contributed by atoms with E-state index in [0.29, 0.717) is 6.42 Å². The number of allylic oxidation sites excluding steroid dienone is 8. The van der Waals surface area contributed by atoms with Crippen molar-refractivity contribution >= 4 is 11.9 Å². The molecule has 0 aliphatic carbocycles. The first-order chi connectivity index (χ1) is 24.8. The van der Waals surface area contributed by atoms with Gasteiger partial charge in [0, 0.05) is 12.8 Å². The van der Waals surface area contributed by atoms with Crippen LogP contribution in [-0.2, 0) is 28.5 Å². The molecule has 294 valence electrons. The zero-order valence-corrected chi connectivity index (χ0v) is 31.6. The predicted octanol–water partition coefficient (Wildman–Crippen LogP) is 7.32. The van der Waals surface area contributed by atoms with Gasteiger partial charge in [0.25, 0.3) is 0 Å². The molecule has 51 heavy (non-hydrogen) atoms. The van der Waals surface area contributed by atoms with Crippen LogP contribution in [0.5, 0.6) is 0 Å². The first kappa shape index (κ1) is 46.7. The first-order valence-electron chi connectivity index (χ1n) is 19.7. The third kappa shape index (κ3) is 24.5. The van der Waals surface area contributed by atoms with Crippen LogP contribution in [0.25, 0.3) is 0 Å². The summed E-state index contributed by atoms with van der Waals surface area (Å²) in [6.45, 7) is 3.23. The number of esters is 2. The van der Waals surface area contributed by atoms with Crippen LogP contribution in [0, 0.1) is 0 Å². The van der Waals surface area contributed by atoms with Crippen molar-refractivity contribution in [3.63, 3.8) is 0 Å². The summed E-state index contributed by atoms with van der Waals surface area (Å²) in [5, 5.41) is 39.9. The van der Waals surface area contributed by atoms with Gasteiger partial charge >= 0.3 is 11.9 Å². The first-order valence-corrected chi connectivity index (χ1v) is 19.7. The Labute approximate surface area is 308 Å². The quantitative estimate of drug-likeness (QED) is 0.0325. The summed E-state index contributed by atoms with van der Waals surface area (Å²) >= 11 is 0. The molecule has 6 atom stereocenters. The number of carbonyl (C=O) groups excluding carboxylic acids is 2. The van der Waals surface area contributed by atoms with Gasteiger partial charge in [-0.05, 0) is 51.4 Å². The zero-order chi connectivity index (χ0) is 37.4. The summed E-state index contributed by atoms with van der Waals surface area (Å²) in [7, 11) is 0. The Morgan fingerprint density at radius 3 is 1.75 bits per heavy atom. The third-order valence-electron chi connectivity index (χ3n) is 8.73. The van der Waals surface area contributed by atoms with E-state index in [2.05, 4.69) is 62.5 Å². The van der Waals surface area contributed by atoms with Gasteiger partial charge in [0.05, 0.1) is 13.2 Å². The van der Waals surface area contributed by atoms with Crippen molar-refractivity contribution < 1.29 is 49.0 Å². The topological polar surface area (TPSA) is 152 Å². The minimum Gasteiger partial charge on any atom is -0.462 e.